The third-order valence-electron chi connectivity index (χ3n) is 10.0. The van der Waals surface area contributed by atoms with Gasteiger partial charge in [0.15, 0.2) is 0 Å². The van der Waals surface area contributed by atoms with E-state index in [2.05, 4.69) is 162 Å². The molecular formula is C44H36N2S. The largest absolute Gasteiger partial charge is 0.313 e. The van der Waals surface area contributed by atoms with Gasteiger partial charge in [-0.1, -0.05) is 91.9 Å². The van der Waals surface area contributed by atoms with Crippen molar-refractivity contribution in [2.75, 3.05) is 6.26 Å². The predicted molar refractivity (Wildman–Crippen MR) is 204 cm³/mol. The summed E-state index contributed by atoms with van der Waals surface area (Å²) < 4.78 is 4.96. The third-order valence-corrected chi connectivity index (χ3v) is 10.8. The van der Waals surface area contributed by atoms with Crippen molar-refractivity contribution >= 4 is 56.2 Å². The van der Waals surface area contributed by atoms with Gasteiger partial charge in [0.2, 0.25) is 0 Å². The normalized spacial score (nSPS) is 15.9. The molecule has 47 heavy (non-hydrogen) atoms. The average molecular weight is 625 g/mol. The van der Waals surface area contributed by atoms with Crippen molar-refractivity contribution in [2.45, 2.75) is 37.0 Å². The van der Waals surface area contributed by atoms with E-state index in [0.29, 0.717) is 5.92 Å². The molecule has 0 amide bonds. The Kier molecular flexibility index (Phi) is 6.83. The first-order valence-corrected chi connectivity index (χ1v) is 17.9. The zero-order chi connectivity index (χ0) is 31.5. The standard InChI is InChI=1S/C44H36N2S/c1-29-12-10-19-37-39-28-31(23-25-42(39)46(44(29)37)33-14-4-3-5-15-33)30-22-24-41-38(27-30)36-18-6-8-20-40(36)45(41)34-16-11-13-32(26-34)35-17-7-9-21-43(35)47-2/h4,6-11,13-29H,3,5,12H2,1-2H3. The quantitative estimate of drug-likeness (QED) is 0.173. The Morgan fingerprint density at radius 1 is 0.617 bits per heavy atom. The molecule has 9 rings (SSSR count). The third kappa shape index (κ3) is 4.56. The van der Waals surface area contributed by atoms with E-state index in [-0.39, 0.29) is 0 Å². The molecule has 1 atom stereocenters. The van der Waals surface area contributed by atoms with Crippen molar-refractivity contribution in [1.82, 2.24) is 9.13 Å². The Hall–Kier alpha value is -4.99. The first-order valence-electron chi connectivity index (χ1n) is 16.7. The molecule has 2 nitrogen and oxygen atoms in total. The summed E-state index contributed by atoms with van der Waals surface area (Å²) >= 11 is 1.80. The van der Waals surface area contributed by atoms with Gasteiger partial charge in [-0.25, -0.2) is 0 Å². The molecule has 0 saturated carbocycles. The number of aromatic nitrogens is 2. The van der Waals surface area contributed by atoms with Crippen molar-refractivity contribution in [3.63, 3.8) is 0 Å². The number of nitrogens with zero attached hydrogens (tertiary/aromatic N) is 2. The first-order chi connectivity index (χ1) is 23.2. The van der Waals surface area contributed by atoms with E-state index in [9.17, 15) is 0 Å². The maximum atomic E-state index is 2.53. The molecule has 0 N–H and O–H groups in total. The molecule has 2 aliphatic carbocycles. The predicted octanol–water partition coefficient (Wildman–Crippen LogP) is 12.5. The van der Waals surface area contributed by atoms with Crippen LogP contribution in [0, 0.1) is 0 Å². The van der Waals surface area contributed by atoms with Crippen LogP contribution in [0.15, 0.2) is 138 Å². The SMILES string of the molecule is CSc1ccccc1-c1cccc(-n2c3ccccc3c3cc(-c4ccc5c(c4)c4c(n5C5=CCCC=C5)C(C)CC=C4)ccc32)c1. The van der Waals surface area contributed by atoms with Crippen LogP contribution in [0.5, 0.6) is 0 Å². The lowest BCUT2D eigenvalue weighted by Gasteiger charge is -2.21. The highest BCUT2D eigenvalue weighted by Crippen LogP contribution is 2.42. The lowest BCUT2D eigenvalue weighted by atomic mass is 9.92. The number of allylic oxidation sites excluding steroid dienone is 5. The lowest BCUT2D eigenvalue weighted by Crippen LogP contribution is -2.08. The molecule has 0 radical (unpaired) electrons. The molecule has 2 heterocycles. The number of hydrogen-bond donors (Lipinski definition) is 0. The number of hydrogen-bond acceptors (Lipinski definition) is 1. The van der Waals surface area contributed by atoms with Gasteiger partial charge < -0.3 is 9.13 Å². The topological polar surface area (TPSA) is 9.86 Å². The molecule has 0 spiro atoms. The highest BCUT2D eigenvalue weighted by Gasteiger charge is 2.24. The lowest BCUT2D eigenvalue weighted by molar-refractivity contribution is 0.727. The molecular weight excluding hydrogens is 589 g/mol. The number of rotatable bonds is 5. The Balaban J connectivity index is 1.21. The molecule has 0 bridgehead atoms. The van der Waals surface area contributed by atoms with Crippen molar-refractivity contribution in [3.8, 4) is 27.9 Å². The van der Waals surface area contributed by atoms with Gasteiger partial charge in [-0.3, -0.25) is 0 Å². The molecule has 5 aromatic carbocycles. The number of fused-ring (bicyclic) bond motifs is 6. The molecule has 0 saturated heterocycles. The maximum absolute atomic E-state index is 2.53. The molecule has 3 heteroatoms. The van der Waals surface area contributed by atoms with Crippen molar-refractivity contribution in [3.05, 3.63) is 145 Å². The highest BCUT2D eigenvalue weighted by atomic mass is 32.2. The van der Waals surface area contributed by atoms with E-state index >= 15 is 0 Å². The van der Waals surface area contributed by atoms with Crippen molar-refractivity contribution < 1.29 is 0 Å². The van der Waals surface area contributed by atoms with E-state index in [0.717, 1.165) is 19.3 Å². The zero-order valence-electron chi connectivity index (χ0n) is 26.8. The summed E-state index contributed by atoms with van der Waals surface area (Å²) in [7, 11) is 0. The Labute approximate surface area is 280 Å². The van der Waals surface area contributed by atoms with Gasteiger partial charge in [-0.15, -0.1) is 11.8 Å². The van der Waals surface area contributed by atoms with Crippen LogP contribution in [-0.4, -0.2) is 15.4 Å². The van der Waals surface area contributed by atoms with E-state index < -0.39 is 0 Å². The fourth-order valence-corrected chi connectivity index (χ4v) is 8.47. The van der Waals surface area contributed by atoms with Crippen molar-refractivity contribution in [2.24, 2.45) is 0 Å². The van der Waals surface area contributed by atoms with Gasteiger partial charge in [0, 0.05) is 49.6 Å². The van der Waals surface area contributed by atoms with Crippen LogP contribution in [0.4, 0.5) is 0 Å². The Bertz CT molecular complexity index is 2450. The minimum atomic E-state index is 0.484. The summed E-state index contributed by atoms with van der Waals surface area (Å²) in [5.41, 5.74) is 14.1. The fourth-order valence-electron chi connectivity index (χ4n) is 7.85. The van der Waals surface area contributed by atoms with E-state index in [1.807, 2.05) is 0 Å². The second-order valence-corrected chi connectivity index (χ2v) is 13.7. The van der Waals surface area contributed by atoms with Gasteiger partial charge in [0.05, 0.1) is 16.6 Å². The van der Waals surface area contributed by atoms with Gasteiger partial charge in [-0.2, -0.15) is 0 Å². The second-order valence-electron chi connectivity index (χ2n) is 12.8. The minimum absolute atomic E-state index is 0.484. The second kappa shape index (κ2) is 11.4. The monoisotopic (exact) mass is 624 g/mol. The molecule has 0 aliphatic heterocycles. The van der Waals surface area contributed by atoms with Crippen LogP contribution in [0.25, 0.3) is 72.4 Å². The Morgan fingerprint density at radius 2 is 1.38 bits per heavy atom. The minimum Gasteiger partial charge on any atom is -0.313 e. The van der Waals surface area contributed by atoms with Gasteiger partial charge >= 0.3 is 0 Å². The number of thioether (sulfide) groups is 1. The van der Waals surface area contributed by atoms with Crippen LogP contribution in [0.3, 0.4) is 0 Å². The molecule has 7 aromatic rings. The van der Waals surface area contributed by atoms with Gasteiger partial charge in [-0.05, 0) is 102 Å². The summed E-state index contributed by atoms with van der Waals surface area (Å²) in [5, 5.41) is 3.89. The van der Waals surface area contributed by atoms with Crippen LogP contribution >= 0.6 is 11.8 Å². The summed E-state index contributed by atoms with van der Waals surface area (Å²) in [4.78, 5) is 1.29. The molecule has 2 aliphatic rings. The summed E-state index contributed by atoms with van der Waals surface area (Å²) in [6.07, 6.45) is 17.2. The molecule has 2 aromatic heterocycles. The number of para-hydroxylation sites is 1. The summed E-state index contributed by atoms with van der Waals surface area (Å²) in [5.74, 6) is 0.484. The Morgan fingerprint density at radius 3 is 2.21 bits per heavy atom. The van der Waals surface area contributed by atoms with Crippen LogP contribution < -0.4 is 0 Å². The summed E-state index contributed by atoms with van der Waals surface area (Å²) in [6.45, 7) is 2.37. The molecule has 0 fully saturated rings. The average Bonchev–Trinajstić information content (AvgIpc) is 3.65. The maximum Gasteiger partial charge on any atom is 0.0541 e. The van der Waals surface area contributed by atoms with E-state index in [1.165, 1.54) is 82.5 Å². The van der Waals surface area contributed by atoms with Crippen LogP contribution in [0.1, 0.15) is 43.4 Å². The zero-order valence-corrected chi connectivity index (χ0v) is 27.6. The summed E-state index contributed by atoms with van der Waals surface area (Å²) in [6, 6.07) is 40.6. The van der Waals surface area contributed by atoms with Gasteiger partial charge in [0.1, 0.15) is 0 Å². The smallest absolute Gasteiger partial charge is 0.0541 e. The fraction of sp³-hybridized carbons (Fsp3) is 0.136. The van der Waals surface area contributed by atoms with Crippen molar-refractivity contribution in [1.29, 1.82) is 0 Å². The van der Waals surface area contributed by atoms with Crippen LogP contribution in [0.2, 0.25) is 0 Å². The first kappa shape index (κ1) is 28.3. The number of benzene rings is 5. The molecule has 228 valence electrons. The highest BCUT2D eigenvalue weighted by molar-refractivity contribution is 7.98. The van der Waals surface area contributed by atoms with E-state index in [4.69, 9.17) is 0 Å². The van der Waals surface area contributed by atoms with Crippen LogP contribution in [-0.2, 0) is 0 Å². The van der Waals surface area contributed by atoms with E-state index in [1.54, 1.807) is 11.8 Å². The molecule has 1 unspecified atom stereocenters. The van der Waals surface area contributed by atoms with Gasteiger partial charge in [0.25, 0.3) is 0 Å².